The third kappa shape index (κ3) is 5.04. The maximum atomic E-state index is 11.7. The van der Waals surface area contributed by atoms with E-state index in [2.05, 4.69) is 26.6 Å². The lowest BCUT2D eigenvalue weighted by atomic mass is 10.2. The minimum absolute atomic E-state index is 0.161. The number of urea groups is 1. The van der Waals surface area contributed by atoms with Gasteiger partial charge in [0.15, 0.2) is 0 Å². The van der Waals surface area contributed by atoms with E-state index < -0.39 is 12.1 Å². The van der Waals surface area contributed by atoms with Gasteiger partial charge in [-0.15, -0.1) is 0 Å². The Morgan fingerprint density at radius 2 is 2.26 bits per heavy atom. The molecule has 0 radical (unpaired) electrons. The zero-order chi connectivity index (χ0) is 14.4. The summed E-state index contributed by atoms with van der Waals surface area (Å²) in [6.45, 7) is 2.11. The minimum atomic E-state index is -0.568. The van der Waals surface area contributed by atoms with Crippen LogP contribution in [0, 0.1) is 0 Å². The van der Waals surface area contributed by atoms with E-state index >= 15 is 0 Å². The molecule has 0 aliphatic rings. The van der Waals surface area contributed by atoms with Gasteiger partial charge in [0, 0.05) is 24.3 Å². The monoisotopic (exact) mass is 331 g/mol. The Morgan fingerprint density at radius 1 is 1.58 bits per heavy atom. The summed E-state index contributed by atoms with van der Waals surface area (Å²) < 4.78 is 2.06. The van der Waals surface area contributed by atoms with Gasteiger partial charge in [0.05, 0.1) is 6.10 Å². The summed E-state index contributed by atoms with van der Waals surface area (Å²) in [5.41, 5.74) is -0.119. The molecule has 0 bridgehead atoms. The van der Waals surface area contributed by atoms with Gasteiger partial charge < -0.3 is 20.3 Å². The van der Waals surface area contributed by atoms with Gasteiger partial charge in [0.1, 0.15) is 5.69 Å². The highest BCUT2D eigenvalue weighted by molar-refractivity contribution is 9.10. The summed E-state index contributed by atoms with van der Waals surface area (Å²) in [5.74, 6) is 0. The molecular formula is C12H18BrN3O3. The maximum absolute atomic E-state index is 11.7. The van der Waals surface area contributed by atoms with Crippen molar-refractivity contribution in [3.05, 3.63) is 27.1 Å². The molecule has 0 spiro atoms. The van der Waals surface area contributed by atoms with Gasteiger partial charge in [-0.3, -0.25) is 4.79 Å². The van der Waals surface area contributed by atoms with Crippen molar-refractivity contribution in [2.24, 2.45) is 7.05 Å². The average Bonchev–Trinajstić information content (AvgIpc) is 2.33. The highest BCUT2D eigenvalue weighted by Crippen LogP contribution is 2.11. The molecule has 2 amide bonds. The minimum Gasteiger partial charge on any atom is -0.391 e. The molecular weight excluding hydrogens is 314 g/mol. The second-order valence-corrected chi connectivity index (χ2v) is 5.18. The first-order valence-electron chi connectivity index (χ1n) is 6.03. The van der Waals surface area contributed by atoms with E-state index in [0.29, 0.717) is 10.9 Å². The van der Waals surface area contributed by atoms with Crippen molar-refractivity contribution in [2.45, 2.75) is 25.9 Å². The van der Waals surface area contributed by atoms with Crippen LogP contribution in [0.3, 0.4) is 0 Å². The number of hydrogen-bond acceptors (Lipinski definition) is 3. The van der Waals surface area contributed by atoms with Crippen LogP contribution in [0.25, 0.3) is 0 Å². The number of halogens is 1. The van der Waals surface area contributed by atoms with Crippen molar-refractivity contribution in [1.82, 2.24) is 9.88 Å². The second-order valence-electron chi connectivity index (χ2n) is 4.27. The molecule has 1 heterocycles. The van der Waals surface area contributed by atoms with Gasteiger partial charge in [0.25, 0.3) is 5.56 Å². The van der Waals surface area contributed by atoms with E-state index in [1.165, 1.54) is 10.6 Å². The van der Waals surface area contributed by atoms with Crippen molar-refractivity contribution in [3.8, 4) is 0 Å². The smallest absolute Gasteiger partial charge is 0.319 e. The third-order valence-electron chi connectivity index (χ3n) is 2.52. The quantitative estimate of drug-likeness (QED) is 0.763. The zero-order valence-electron chi connectivity index (χ0n) is 10.9. The highest BCUT2D eigenvalue weighted by Gasteiger charge is 2.09. The summed E-state index contributed by atoms with van der Waals surface area (Å²) >= 11 is 3.25. The van der Waals surface area contributed by atoms with Crippen LogP contribution in [-0.4, -0.2) is 28.4 Å². The van der Waals surface area contributed by atoms with Crippen molar-refractivity contribution >= 4 is 27.6 Å². The Morgan fingerprint density at radius 3 is 2.89 bits per heavy atom. The Labute approximate surface area is 120 Å². The van der Waals surface area contributed by atoms with Crippen LogP contribution in [0.2, 0.25) is 0 Å². The van der Waals surface area contributed by atoms with Gasteiger partial charge in [-0.2, -0.15) is 0 Å². The molecule has 1 aromatic heterocycles. The van der Waals surface area contributed by atoms with Gasteiger partial charge >= 0.3 is 6.03 Å². The number of amides is 2. The fourth-order valence-corrected chi connectivity index (χ4v) is 2.11. The molecule has 1 atom stereocenters. The number of carbonyl (C=O) groups is 1. The van der Waals surface area contributed by atoms with Gasteiger partial charge in [-0.25, -0.2) is 4.79 Å². The second kappa shape index (κ2) is 7.30. The summed E-state index contributed by atoms with van der Waals surface area (Å²) in [4.78, 5) is 23.3. The molecule has 0 aliphatic carbocycles. The van der Waals surface area contributed by atoms with Crippen LogP contribution in [0.5, 0.6) is 0 Å². The van der Waals surface area contributed by atoms with Crippen molar-refractivity contribution in [1.29, 1.82) is 0 Å². The predicted octanol–water partition coefficient (Wildman–Crippen LogP) is 1.43. The summed E-state index contributed by atoms with van der Waals surface area (Å²) in [6, 6.07) is 1.02. The molecule has 7 heteroatoms. The van der Waals surface area contributed by atoms with E-state index in [-0.39, 0.29) is 17.8 Å². The Kier molecular flexibility index (Phi) is 6.04. The molecule has 1 rings (SSSR count). The number of pyridine rings is 1. The lowest BCUT2D eigenvalue weighted by Gasteiger charge is -2.12. The van der Waals surface area contributed by atoms with Crippen molar-refractivity contribution in [2.75, 3.05) is 11.9 Å². The lowest BCUT2D eigenvalue weighted by Crippen LogP contribution is -2.36. The number of aliphatic hydroxyl groups is 1. The Hall–Kier alpha value is -1.34. The van der Waals surface area contributed by atoms with Crippen molar-refractivity contribution < 1.29 is 9.90 Å². The molecule has 1 unspecified atom stereocenters. The average molecular weight is 332 g/mol. The summed E-state index contributed by atoms with van der Waals surface area (Å²) in [6.07, 6.45) is 2.51. The molecule has 0 fully saturated rings. The van der Waals surface area contributed by atoms with Crippen LogP contribution in [0.4, 0.5) is 10.5 Å². The standard InChI is InChI=1S/C12H18BrN3O3/c1-3-4-9(17)6-14-12(19)15-10-5-8(13)7-16(2)11(10)18/h5,7,9,17H,3-4,6H2,1-2H3,(H2,14,15,19). The van der Waals surface area contributed by atoms with E-state index in [0.717, 1.165) is 6.42 Å². The summed E-state index contributed by atoms with van der Waals surface area (Å²) in [7, 11) is 1.60. The number of nitrogens with one attached hydrogen (secondary N) is 2. The number of hydrogen-bond donors (Lipinski definition) is 3. The largest absolute Gasteiger partial charge is 0.391 e. The van der Waals surface area contributed by atoms with Gasteiger partial charge in [-0.05, 0) is 28.4 Å². The number of nitrogens with zero attached hydrogens (tertiary/aromatic N) is 1. The third-order valence-corrected chi connectivity index (χ3v) is 2.95. The van der Waals surface area contributed by atoms with Crippen LogP contribution in [-0.2, 0) is 7.05 Å². The molecule has 0 saturated carbocycles. The first-order chi connectivity index (χ1) is 8.93. The number of aliphatic hydroxyl groups excluding tert-OH is 1. The van der Waals surface area contributed by atoms with E-state index in [9.17, 15) is 14.7 Å². The van der Waals surface area contributed by atoms with E-state index in [4.69, 9.17) is 0 Å². The van der Waals surface area contributed by atoms with Gasteiger partial charge in [-0.1, -0.05) is 13.3 Å². The zero-order valence-corrected chi connectivity index (χ0v) is 12.5. The molecule has 19 heavy (non-hydrogen) atoms. The SMILES string of the molecule is CCCC(O)CNC(=O)Nc1cc(Br)cn(C)c1=O. The molecule has 0 aliphatic heterocycles. The maximum Gasteiger partial charge on any atom is 0.319 e. The van der Waals surface area contributed by atoms with Crippen LogP contribution in [0.15, 0.2) is 21.5 Å². The number of carbonyl (C=O) groups excluding carboxylic acids is 1. The normalized spacial score (nSPS) is 12.0. The topological polar surface area (TPSA) is 83.4 Å². The molecule has 1 aromatic rings. The van der Waals surface area contributed by atoms with Crippen molar-refractivity contribution in [3.63, 3.8) is 0 Å². The number of rotatable bonds is 5. The number of anilines is 1. The molecule has 6 nitrogen and oxygen atoms in total. The molecule has 3 N–H and O–H groups in total. The fraction of sp³-hybridized carbons (Fsp3) is 0.500. The number of aryl methyl sites for hydroxylation is 1. The van der Waals surface area contributed by atoms with Crippen LogP contribution < -0.4 is 16.2 Å². The van der Waals surface area contributed by atoms with Crippen LogP contribution in [0.1, 0.15) is 19.8 Å². The first kappa shape index (κ1) is 15.7. The van der Waals surface area contributed by atoms with Crippen LogP contribution >= 0.6 is 15.9 Å². The first-order valence-corrected chi connectivity index (χ1v) is 6.82. The Bertz CT molecular complexity index is 501. The van der Waals surface area contributed by atoms with E-state index in [1.54, 1.807) is 13.2 Å². The molecule has 106 valence electrons. The Balaban J connectivity index is 2.60. The summed E-state index contributed by atoms with van der Waals surface area (Å²) in [5, 5.41) is 14.5. The molecule has 0 aromatic carbocycles. The van der Waals surface area contributed by atoms with E-state index in [1.807, 2.05) is 6.92 Å². The lowest BCUT2D eigenvalue weighted by molar-refractivity contribution is 0.162. The van der Waals surface area contributed by atoms with Gasteiger partial charge in [0.2, 0.25) is 0 Å². The predicted molar refractivity (Wildman–Crippen MR) is 77.3 cm³/mol. The molecule has 0 saturated heterocycles. The highest BCUT2D eigenvalue weighted by atomic mass is 79.9. The number of aromatic nitrogens is 1. The fourth-order valence-electron chi connectivity index (χ4n) is 1.57.